The molecule has 0 radical (unpaired) electrons. The highest BCUT2D eigenvalue weighted by Gasteiger charge is 2.12. The van der Waals surface area contributed by atoms with Gasteiger partial charge in [-0.3, -0.25) is 4.79 Å². The van der Waals surface area contributed by atoms with Gasteiger partial charge in [-0.2, -0.15) is 5.23 Å². The van der Waals surface area contributed by atoms with E-state index in [0.29, 0.717) is 11.9 Å². The van der Waals surface area contributed by atoms with Crippen molar-refractivity contribution in [3.63, 3.8) is 0 Å². The van der Waals surface area contributed by atoms with E-state index in [0.717, 1.165) is 17.5 Å². The van der Waals surface area contributed by atoms with Gasteiger partial charge in [0.1, 0.15) is 6.54 Å². The summed E-state index contributed by atoms with van der Waals surface area (Å²) in [7, 11) is 0. The minimum Gasteiger partial charge on any atom is -0.595 e. The Bertz CT molecular complexity index is 1100. The zero-order valence-corrected chi connectivity index (χ0v) is 14.6. The van der Waals surface area contributed by atoms with Gasteiger partial charge in [-0.1, -0.05) is 24.3 Å². The molecule has 1 unspecified atom stereocenters. The van der Waals surface area contributed by atoms with Crippen LogP contribution in [0, 0.1) is 5.21 Å². The number of benzene rings is 2. The predicted molar refractivity (Wildman–Crippen MR) is 103 cm³/mol. The maximum atomic E-state index is 12.3. The van der Waals surface area contributed by atoms with E-state index >= 15 is 0 Å². The largest absolute Gasteiger partial charge is 0.595 e. The number of hydrogen-bond acceptors (Lipinski definition) is 3. The van der Waals surface area contributed by atoms with E-state index < -0.39 is 5.23 Å². The molecule has 138 valence electrons. The number of carbonyl (C=O) groups excluding carboxylic acids is 1. The van der Waals surface area contributed by atoms with Crippen molar-refractivity contribution >= 4 is 33.4 Å². The Balaban J connectivity index is 1.40. The molecule has 4 N–H and O–H groups in total. The van der Waals surface area contributed by atoms with Gasteiger partial charge in [0.05, 0.1) is 10.9 Å². The van der Waals surface area contributed by atoms with Crippen LogP contribution in [0.5, 0.6) is 0 Å². The normalized spacial score (nSPS) is 12.5. The van der Waals surface area contributed by atoms with Crippen molar-refractivity contribution in [1.82, 2.24) is 14.9 Å². The number of H-pyrrole nitrogens is 1. The average molecular weight is 364 g/mol. The van der Waals surface area contributed by atoms with Crippen molar-refractivity contribution < 1.29 is 15.2 Å². The van der Waals surface area contributed by atoms with Crippen LogP contribution in [-0.4, -0.2) is 27.2 Å². The van der Waals surface area contributed by atoms with E-state index in [-0.39, 0.29) is 18.1 Å². The molecule has 4 aromatic rings. The summed E-state index contributed by atoms with van der Waals surface area (Å²) in [5, 5.41) is 24.3. The first-order valence-electron chi connectivity index (χ1n) is 8.76. The van der Waals surface area contributed by atoms with Crippen molar-refractivity contribution in [1.29, 1.82) is 0 Å². The fourth-order valence-corrected chi connectivity index (χ4v) is 3.43. The minimum atomic E-state index is -0.971. The minimum absolute atomic E-state index is 0.104. The zero-order chi connectivity index (χ0) is 18.8. The Kier molecular flexibility index (Phi) is 4.64. The van der Waals surface area contributed by atoms with Crippen LogP contribution < -0.4 is 10.5 Å². The van der Waals surface area contributed by atoms with Gasteiger partial charge in [0.25, 0.3) is 0 Å². The molecule has 0 aliphatic carbocycles. The molecule has 2 aromatic heterocycles. The Labute approximate surface area is 155 Å². The first-order chi connectivity index (χ1) is 13.1. The highest BCUT2D eigenvalue weighted by Crippen LogP contribution is 2.21. The van der Waals surface area contributed by atoms with Crippen LogP contribution >= 0.6 is 0 Å². The molecule has 0 spiro atoms. The van der Waals surface area contributed by atoms with Crippen LogP contribution in [0.3, 0.4) is 0 Å². The summed E-state index contributed by atoms with van der Waals surface area (Å²) in [5.41, 5.74) is 3.24. The van der Waals surface area contributed by atoms with E-state index in [1.807, 2.05) is 30.5 Å². The Morgan fingerprint density at radius 2 is 2.00 bits per heavy atom. The van der Waals surface area contributed by atoms with Crippen LogP contribution in [0.4, 0.5) is 5.69 Å². The predicted octanol–water partition coefficient (Wildman–Crippen LogP) is 1.88. The van der Waals surface area contributed by atoms with E-state index in [1.54, 1.807) is 29.0 Å². The lowest BCUT2D eigenvalue weighted by molar-refractivity contribution is -0.990. The molecule has 7 nitrogen and oxygen atoms in total. The topological polar surface area (TPSA) is 97.6 Å². The third-order valence-electron chi connectivity index (χ3n) is 4.75. The second-order valence-corrected chi connectivity index (χ2v) is 6.45. The smallest absolute Gasteiger partial charge is 0.239 e. The lowest BCUT2D eigenvalue weighted by Crippen LogP contribution is -2.99. The Hall–Kier alpha value is -3.13. The van der Waals surface area contributed by atoms with Gasteiger partial charge in [0.2, 0.25) is 5.91 Å². The molecule has 7 heteroatoms. The molecule has 0 saturated carbocycles. The molecule has 0 bridgehead atoms. The number of nitrogens with one attached hydrogen (secondary N) is 3. The number of amides is 1. The summed E-state index contributed by atoms with van der Waals surface area (Å²) in [6, 6.07) is 14.9. The van der Waals surface area contributed by atoms with Crippen LogP contribution in [0.15, 0.2) is 60.9 Å². The van der Waals surface area contributed by atoms with E-state index in [4.69, 9.17) is 0 Å². The third kappa shape index (κ3) is 3.43. The maximum absolute atomic E-state index is 12.3. The SMILES string of the molecule is O=C(Cn1ccc2c([NH+]([O-])O)cccc21)NCCc1c[nH]c2ccccc12. The molecule has 0 aliphatic rings. The second-order valence-electron chi connectivity index (χ2n) is 6.45. The molecule has 1 amide bonds. The van der Waals surface area contributed by atoms with Gasteiger partial charge in [-0.15, -0.1) is 0 Å². The molecule has 0 fully saturated rings. The van der Waals surface area contributed by atoms with Gasteiger partial charge in [-0.05, 0) is 30.2 Å². The van der Waals surface area contributed by atoms with Crippen LogP contribution in [0.2, 0.25) is 0 Å². The van der Waals surface area contributed by atoms with Crippen LogP contribution in [0.25, 0.3) is 21.8 Å². The van der Waals surface area contributed by atoms with E-state index in [9.17, 15) is 15.2 Å². The Morgan fingerprint density at radius 3 is 2.85 bits per heavy atom. The molecular weight excluding hydrogens is 344 g/mol. The first-order valence-corrected chi connectivity index (χ1v) is 8.76. The first kappa shape index (κ1) is 17.3. The standard InChI is InChI=1S/C20H20N4O3/c25-20(21-10-8-14-12-22-17-5-2-1-4-15(14)17)13-23-11-9-16-18(23)6-3-7-19(16)24(26)27/h1-7,9,11-12,22,24,26H,8,10,13H2,(H,21,25). The van der Waals surface area contributed by atoms with Crippen molar-refractivity contribution in [3.8, 4) is 0 Å². The zero-order valence-electron chi connectivity index (χ0n) is 14.6. The van der Waals surface area contributed by atoms with Gasteiger partial charge < -0.3 is 20.1 Å². The number of aromatic nitrogens is 2. The third-order valence-corrected chi connectivity index (χ3v) is 4.75. The summed E-state index contributed by atoms with van der Waals surface area (Å²) >= 11 is 0. The molecule has 2 heterocycles. The number of nitrogens with zero attached hydrogens (tertiary/aromatic N) is 1. The van der Waals surface area contributed by atoms with Gasteiger partial charge >= 0.3 is 0 Å². The maximum Gasteiger partial charge on any atom is 0.239 e. The second kappa shape index (κ2) is 7.24. The summed E-state index contributed by atoms with van der Waals surface area (Å²) in [5.74, 6) is -0.104. The quantitative estimate of drug-likeness (QED) is 0.393. The monoisotopic (exact) mass is 364 g/mol. The average Bonchev–Trinajstić information content (AvgIpc) is 3.26. The number of fused-ring (bicyclic) bond motifs is 2. The summed E-state index contributed by atoms with van der Waals surface area (Å²) < 4.78 is 1.77. The van der Waals surface area contributed by atoms with Gasteiger partial charge in [-0.25, -0.2) is 5.21 Å². The number of rotatable bonds is 6. The number of para-hydroxylation sites is 1. The van der Waals surface area contributed by atoms with E-state index in [1.165, 1.54) is 10.9 Å². The molecule has 27 heavy (non-hydrogen) atoms. The number of carbonyl (C=O) groups is 1. The summed E-state index contributed by atoms with van der Waals surface area (Å²) in [6.07, 6.45) is 4.46. The van der Waals surface area contributed by atoms with Crippen molar-refractivity contribution in [3.05, 3.63) is 71.7 Å². The number of hydrogen-bond donors (Lipinski definition) is 4. The molecule has 2 aromatic carbocycles. The summed E-state index contributed by atoms with van der Waals surface area (Å²) in [4.78, 5) is 15.5. The van der Waals surface area contributed by atoms with Gasteiger partial charge in [0, 0.05) is 35.9 Å². The highest BCUT2D eigenvalue weighted by molar-refractivity contribution is 5.90. The fourth-order valence-electron chi connectivity index (χ4n) is 3.43. The highest BCUT2D eigenvalue weighted by atomic mass is 16.8. The van der Waals surface area contributed by atoms with Crippen molar-refractivity contribution in [2.45, 2.75) is 13.0 Å². The van der Waals surface area contributed by atoms with Crippen LogP contribution in [-0.2, 0) is 17.8 Å². The Morgan fingerprint density at radius 1 is 1.15 bits per heavy atom. The van der Waals surface area contributed by atoms with Crippen LogP contribution in [0.1, 0.15) is 5.56 Å². The molecular formula is C20H20N4O3. The summed E-state index contributed by atoms with van der Waals surface area (Å²) in [6.45, 7) is 0.695. The van der Waals surface area contributed by atoms with Crippen molar-refractivity contribution in [2.75, 3.05) is 6.54 Å². The molecule has 4 rings (SSSR count). The van der Waals surface area contributed by atoms with E-state index in [2.05, 4.69) is 16.4 Å². The lowest BCUT2D eigenvalue weighted by atomic mass is 10.1. The molecule has 0 saturated heterocycles. The lowest BCUT2D eigenvalue weighted by Gasteiger charge is -2.13. The number of quaternary nitrogens is 1. The number of aromatic amines is 1. The molecule has 1 atom stereocenters. The fraction of sp³-hybridized carbons (Fsp3) is 0.150. The molecule has 0 aliphatic heterocycles. The van der Waals surface area contributed by atoms with Crippen molar-refractivity contribution in [2.24, 2.45) is 0 Å². The van der Waals surface area contributed by atoms with Gasteiger partial charge in [0.15, 0.2) is 5.69 Å².